The van der Waals surface area contributed by atoms with Crippen molar-refractivity contribution >= 4 is 40.6 Å². The number of hydrogen-bond acceptors (Lipinski definition) is 4. The fraction of sp³-hybridized carbons (Fsp3) is 0.200. The highest BCUT2D eigenvalue weighted by Crippen LogP contribution is 2.33. The molecule has 1 atom stereocenters. The summed E-state index contributed by atoms with van der Waals surface area (Å²) in [6.07, 6.45) is 4.20. The van der Waals surface area contributed by atoms with Gasteiger partial charge in [0.2, 0.25) is 0 Å². The van der Waals surface area contributed by atoms with Crippen LogP contribution in [0.4, 0.5) is 17.1 Å². The van der Waals surface area contributed by atoms with Gasteiger partial charge < -0.3 is 15.0 Å². The molecule has 2 N–H and O–H groups in total. The number of ether oxygens (including phenoxy) is 1. The Morgan fingerprint density at radius 2 is 1.55 bits per heavy atom. The van der Waals surface area contributed by atoms with Crippen LogP contribution in [0.2, 0.25) is 0 Å². The molecule has 6 heteroatoms. The fourth-order valence-corrected chi connectivity index (χ4v) is 3.66. The maximum absolute atomic E-state index is 5.58. The van der Waals surface area contributed by atoms with Crippen LogP contribution in [0, 0.1) is 0 Å². The van der Waals surface area contributed by atoms with Crippen LogP contribution in [0.25, 0.3) is 0 Å². The van der Waals surface area contributed by atoms with Gasteiger partial charge in [-0.1, -0.05) is 48.5 Å². The average Bonchev–Trinajstić information content (AvgIpc) is 3.34. The second kappa shape index (κ2) is 10.7. The Morgan fingerprint density at radius 3 is 2.13 bits per heavy atom. The number of thiocarbonyl (C=S) groups is 1. The molecule has 0 radical (unpaired) electrons. The van der Waals surface area contributed by atoms with Gasteiger partial charge >= 0.3 is 0 Å². The highest BCUT2D eigenvalue weighted by molar-refractivity contribution is 7.80. The molecule has 0 amide bonds. The van der Waals surface area contributed by atoms with E-state index in [9.17, 15) is 0 Å². The molecule has 31 heavy (non-hydrogen) atoms. The molecule has 5 nitrogen and oxygen atoms in total. The number of hydrazone groups is 1. The maximum atomic E-state index is 5.58. The summed E-state index contributed by atoms with van der Waals surface area (Å²) in [6, 6.07) is 29.0. The second-order valence-corrected chi connectivity index (χ2v) is 7.72. The van der Waals surface area contributed by atoms with Crippen molar-refractivity contribution in [3.8, 4) is 0 Å². The van der Waals surface area contributed by atoms with E-state index in [1.54, 1.807) is 6.21 Å². The van der Waals surface area contributed by atoms with E-state index < -0.39 is 0 Å². The minimum Gasteiger partial charge on any atom is -0.376 e. The van der Waals surface area contributed by atoms with Crippen LogP contribution in [-0.2, 0) is 4.74 Å². The van der Waals surface area contributed by atoms with Crippen molar-refractivity contribution in [1.29, 1.82) is 0 Å². The predicted molar refractivity (Wildman–Crippen MR) is 131 cm³/mol. The van der Waals surface area contributed by atoms with E-state index in [1.807, 2.05) is 48.5 Å². The van der Waals surface area contributed by atoms with E-state index in [0.717, 1.165) is 42.1 Å². The molecule has 0 spiro atoms. The molecule has 0 saturated carbocycles. The van der Waals surface area contributed by atoms with Gasteiger partial charge in [0.25, 0.3) is 0 Å². The van der Waals surface area contributed by atoms with Crippen LogP contribution >= 0.6 is 12.2 Å². The highest BCUT2D eigenvalue weighted by Gasteiger charge is 2.15. The average molecular weight is 431 g/mol. The molecule has 1 aliphatic heterocycles. The third-order valence-electron chi connectivity index (χ3n) is 5.07. The first-order chi connectivity index (χ1) is 15.3. The van der Waals surface area contributed by atoms with Crippen molar-refractivity contribution in [2.45, 2.75) is 18.9 Å². The number of anilines is 3. The largest absolute Gasteiger partial charge is 0.376 e. The summed E-state index contributed by atoms with van der Waals surface area (Å²) in [7, 11) is 0. The summed E-state index contributed by atoms with van der Waals surface area (Å²) in [6.45, 7) is 1.55. The number of benzene rings is 3. The monoisotopic (exact) mass is 430 g/mol. The van der Waals surface area contributed by atoms with Crippen molar-refractivity contribution in [2.24, 2.45) is 5.10 Å². The molecular weight excluding hydrogens is 404 g/mol. The molecule has 1 fully saturated rings. The molecule has 1 saturated heterocycles. The normalized spacial score (nSPS) is 15.7. The van der Waals surface area contributed by atoms with E-state index in [-0.39, 0.29) is 6.10 Å². The van der Waals surface area contributed by atoms with Crippen molar-refractivity contribution in [1.82, 2.24) is 10.7 Å². The van der Waals surface area contributed by atoms with Gasteiger partial charge in [-0.3, -0.25) is 5.43 Å². The third kappa shape index (κ3) is 5.90. The van der Waals surface area contributed by atoms with Crippen molar-refractivity contribution in [3.63, 3.8) is 0 Å². The summed E-state index contributed by atoms with van der Waals surface area (Å²) in [4.78, 5) is 2.23. The maximum Gasteiger partial charge on any atom is 0.187 e. The summed E-state index contributed by atoms with van der Waals surface area (Å²) in [5.74, 6) is 0. The van der Waals surface area contributed by atoms with Gasteiger partial charge in [0, 0.05) is 30.2 Å². The number of nitrogens with zero attached hydrogens (tertiary/aromatic N) is 2. The van der Waals surface area contributed by atoms with Gasteiger partial charge in [0.1, 0.15) is 0 Å². The lowest BCUT2D eigenvalue weighted by Crippen LogP contribution is -2.37. The molecule has 158 valence electrons. The Morgan fingerprint density at radius 1 is 0.935 bits per heavy atom. The molecule has 0 aromatic heterocycles. The zero-order valence-electron chi connectivity index (χ0n) is 17.3. The van der Waals surface area contributed by atoms with Gasteiger partial charge in [-0.15, -0.1) is 0 Å². The van der Waals surface area contributed by atoms with Crippen molar-refractivity contribution < 1.29 is 4.74 Å². The Balaban J connectivity index is 1.40. The standard InChI is InChI=1S/C25H26N4OS/c31-25(26-19-24-12-7-17-30-24)28-27-18-20-13-15-23(16-14-20)29(21-8-3-1-4-9-21)22-10-5-2-6-11-22/h1-6,8-11,13-16,18,24H,7,12,17,19H2,(H2,26,28,31). The zero-order chi connectivity index (χ0) is 21.3. The third-order valence-corrected chi connectivity index (χ3v) is 5.31. The first kappa shape index (κ1) is 21.0. The number of nitrogens with one attached hydrogen (secondary N) is 2. The summed E-state index contributed by atoms with van der Waals surface area (Å²) in [5.41, 5.74) is 7.15. The van der Waals surface area contributed by atoms with Crippen LogP contribution in [0.15, 0.2) is 90.0 Å². The lowest BCUT2D eigenvalue weighted by molar-refractivity contribution is 0.114. The van der Waals surface area contributed by atoms with Gasteiger partial charge in [-0.25, -0.2) is 0 Å². The van der Waals surface area contributed by atoms with E-state index in [1.165, 1.54) is 0 Å². The molecule has 0 aliphatic carbocycles. The number of hydrogen-bond donors (Lipinski definition) is 2. The first-order valence-electron chi connectivity index (χ1n) is 10.5. The van der Waals surface area contributed by atoms with E-state index >= 15 is 0 Å². The van der Waals surface area contributed by atoms with E-state index in [2.05, 4.69) is 57.1 Å². The molecule has 4 rings (SSSR count). The van der Waals surface area contributed by atoms with Crippen LogP contribution < -0.4 is 15.6 Å². The zero-order valence-corrected chi connectivity index (χ0v) is 18.1. The van der Waals surface area contributed by atoms with E-state index in [4.69, 9.17) is 17.0 Å². The molecule has 3 aromatic carbocycles. The van der Waals surface area contributed by atoms with Gasteiger partial charge in [-0.2, -0.15) is 5.10 Å². The molecule has 1 heterocycles. The molecular formula is C25H26N4OS. The lowest BCUT2D eigenvalue weighted by Gasteiger charge is -2.25. The molecule has 1 aliphatic rings. The van der Waals surface area contributed by atoms with Gasteiger partial charge in [-0.05, 0) is 67.0 Å². The summed E-state index contributed by atoms with van der Waals surface area (Å²) in [5, 5.41) is 7.89. The summed E-state index contributed by atoms with van der Waals surface area (Å²) >= 11 is 5.27. The Hall–Kier alpha value is -3.22. The van der Waals surface area contributed by atoms with Crippen molar-refractivity contribution in [3.05, 3.63) is 90.5 Å². The van der Waals surface area contributed by atoms with Crippen LogP contribution in [0.1, 0.15) is 18.4 Å². The quantitative estimate of drug-likeness (QED) is 0.309. The predicted octanol–water partition coefficient (Wildman–Crippen LogP) is 5.13. The smallest absolute Gasteiger partial charge is 0.187 e. The first-order valence-corrected chi connectivity index (χ1v) is 10.9. The van der Waals surface area contributed by atoms with Crippen molar-refractivity contribution in [2.75, 3.05) is 18.1 Å². The lowest BCUT2D eigenvalue weighted by atomic mass is 10.1. The van der Waals surface area contributed by atoms with Gasteiger partial charge in [0.15, 0.2) is 5.11 Å². The Bertz CT molecular complexity index is 948. The fourth-order valence-electron chi connectivity index (χ4n) is 3.53. The number of para-hydroxylation sites is 2. The van der Waals surface area contributed by atoms with E-state index in [0.29, 0.717) is 11.7 Å². The minimum absolute atomic E-state index is 0.244. The Kier molecular flexibility index (Phi) is 7.26. The van der Waals surface area contributed by atoms with Crippen LogP contribution in [0.5, 0.6) is 0 Å². The van der Waals surface area contributed by atoms with Crippen LogP contribution in [-0.4, -0.2) is 30.6 Å². The SMILES string of the molecule is S=C(NCC1CCCO1)NN=Cc1ccc(N(c2ccccc2)c2ccccc2)cc1. The molecule has 1 unspecified atom stereocenters. The van der Waals surface area contributed by atoms with Crippen LogP contribution in [0.3, 0.4) is 0 Å². The minimum atomic E-state index is 0.244. The number of rotatable bonds is 7. The Labute approximate surface area is 188 Å². The summed E-state index contributed by atoms with van der Waals surface area (Å²) < 4.78 is 5.58. The molecule has 3 aromatic rings. The topological polar surface area (TPSA) is 48.9 Å². The van der Waals surface area contributed by atoms with Gasteiger partial charge in [0.05, 0.1) is 12.3 Å². The molecule has 0 bridgehead atoms. The second-order valence-electron chi connectivity index (χ2n) is 7.31. The highest BCUT2D eigenvalue weighted by atomic mass is 32.1.